The highest BCUT2D eigenvalue weighted by molar-refractivity contribution is 5.99. The van der Waals surface area contributed by atoms with Gasteiger partial charge in [0.15, 0.2) is 12.4 Å². The number of Topliss-reactive ketones (excluding diaryl/α,β-unsaturated/α-hetero) is 1. The van der Waals surface area contributed by atoms with Gasteiger partial charge in [0, 0.05) is 5.92 Å². The van der Waals surface area contributed by atoms with Crippen LogP contribution in [0.15, 0.2) is 24.3 Å². The zero-order chi connectivity index (χ0) is 13.1. The van der Waals surface area contributed by atoms with Crippen molar-refractivity contribution in [2.24, 2.45) is 5.92 Å². The fraction of sp³-hybridized carbons (Fsp3) is 0.417. The molecule has 0 aliphatic heterocycles. The topological polar surface area (TPSA) is 26.3 Å². The molecule has 0 bridgehead atoms. The average Bonchev–Trinajstić information content (AvgIpc) is 2.24. The lowest BCUT2D eigenvalue weighted by Crippen LogP contribution is -2.20. The summed E-state index contributed by atoms with van der Waals surface area (Å²) < 4.78 is 40.7. The van der Waals surface area contributed by atoms with Crippen LogP contribution in [0.2, 0.25) is 0 Å². The first-order chi connectivity index (χ1) is 7.81. The van der Waals surface area contributed by atoms with Crippen molar-refractivity contribution in [3.05, 3.63) is 29.8 Å². The van der Waals surface area contributed by atoms with E-state index in [2.05, 4.69) is 4.74 Å². The van der Waals surface area contributed by atoms with Crippen LogP contribution in [0.3, 0.4) is 0 Å². The number of para-hydroxylation sites is 1. The van der Waals surface area contributed by atoms with Gasteiger partial charge in [0.1, 0.15) is 5.75 Å². The zero-order valence-corrected chi connectivity index (χ0v) is 9.54. The Bertz CT molecular complexity index is 397. The predicted octanol–water partition coefficient (Wildman–Crippen LogP) is 3.47. The van der Waals surface area contributed by atoms with E-state index in [9.17, 15) is 18.0 Å². The summed E-state index contributed by atoms with van der Waals surface area (Å²) >= 11 is 0. The molecule has 5 heteroatoms. The molecule has 0 fully saturated rings. The minimum Gasteiger partial charge on any atom is -0.483 e. The maximum atomic E-state index is 12.0. The highest BCUT2D eigenvalue weighted by atomic mass is 19.4. The van der Waals surface area contributed by atoms with E-state index in [1.165, 1.54) is 18.2 Å². The molecule has 1 aromatic rings. The van der Waals surface area contributed by atoms with Crippen LogP contribution in [0.5, 0.6) is 5.75 Å². The number of carbonyl (C=O) groups is 1. The Morgan fingerprint density at radius 3 is 2.41 bits per heavy atom. The van der Waals surface area contributed by atoms with Gasteiger partial charge in [-0.2, -0.15) is 13.2 Å². The van der Waals surface area contributed by atoms with Gasteiger partial charge in [0.25, 0.3) is 0 Å². The van der Waals surface area contributed by atoms with E-state index in [0.29, 0.717) is 0 Å². The third kappa shape index (κ3) is 4.09. The molecule has 0 N–H and O–H groups in total. The Kier molecular flexibility index (Phi) is 4.15. The van der Waals surface area contributed by atoms with E-state index < -0.39 is 12.8 Å². The third-order valence-electron chi connectivity index (χ3n) is 2.07. The molecule has 0 unspecified atom stereocenters. The molecule has 1 rings (SSSR count). The lowest BCUT2D eigenvalue weighted by Gasteiger charge is -2.13. The van der Waals surface area contributed by atoms with Crippen molar-refractivity contribution in [3.63, 3.8) is 0 Å². The molecule has 0 radical (unpaired) electrons. The number of carbonyl (C=O) groups excluding carboxylic acids is 1. The standard InChI is InChI=1S/C12H13F3O2/c1-8(2)11(16)9-5-3-4-6-10(9)17-7-12(13,14)15/h3-6,8H,7H2,1-2H3. The summed E-state index contributed by atoms with van der Waals surface area (Å²) in [6.07, 6.45) is -4.41. The van der Waals surface area contributed by atoms with E-state index in [1.807, 2.05) is 0 Å². The van der Waals surface area contributed by atoms with Gasteiger partial charge in [-0.15, -0.1) is 0 Å². The quantitative estimate of drug-likeness (QED) is 0.760. The molecule has 0 aliphatic rings. The number of hydrogen-bond acceptors (Lipinski definition) is 2. The molecule has 0 saturated carbocycles. The summed E-state index contributed by atoms with van der Waals surface area (Å²) in [7, 11) is 0. The van der Waals surface area contributed by atoms with Crippen molar-refractivity contribution in [1.29, 1.82) is 0 Å². The smallest absolute Gasteiger partial charge is 0.422 e. The number of ketones is 1. The van der Waals surface area contributed by atoms with Crippen molar-refractivity contribution < 1.29 is 22.7 Å². The molecule has 0 aliphatic carbocycles. The first kappa shape index (κ1) is 13.5. The van der Waals surface area contributed by atoms with Gasteiger partial charge >= 0.3 is 6.18 Å². The SMILES string of the molecule is CC(C)C(=O)c1ccccc1OCC(F)(F)F. The summed E-state index contributed by atoms with van der Waals surface area (Å²) in [5.74, 6) is -0.545. The van der Waals surface area contributed by atoms with Gasteiger partial charge in [-0.1, -0.05) is 26.0 Å². The number of hydrogen-bond donors (Lipinski definition) is 0. The van der Waals surface area contributed by atoms with E-state index in [1.54, 1.807) is 19.9 Å². The molecule has 94 valence electrons. The summed E-state index contributed by atoms with van der Waals surface area (Å²) in [6, 6.07) is 5.95. The van der Waals surface area contributed by atoms with Gasteiger partial charge in [-0.25, -0.2) is 0 Å². The maximum Gasteiger partial charge on any atom is 0.422 e. The Morgan fingerprint density at radius 2 is 1.88 bits per heavy atom. The van der Waals surface area contributed by atoms with Gasteiger partial charge < -0.3 is 4.74 Å². The second-order valence-corrected chi connectivity index (χ2v) is 3.92. The van der Waals surface area contributed by atoms with Crippen molar-refractivity contribution in [2.45, 2.75) is 20.0 Å². The number of benzene rings is 1. The molecule has 0 aromatic heterocycles. The van der Waals surface area contributed by atoms with E-state index in [4.69, 9.17) is 0 Å². The van der Waals surface area contributed by atoms with Gasteiger partial charge in [-0.05, 0) is 12.1 Å². The van der Waals surface area contributed by atoms with Crippen molar-refractivity contribution in [2.75, 3.05) is 6.61 Å². The molecule has 0 heterocycles. The predicted molar refractivity (Wildman–Crippen MR) is 57.2 cm³/mol. The van der Waals surface area contributed by atoms with Crippen LogP contribution >= 0.6 is 0 Å². The fourth-order valence-corrected chi connectivity index (χ4v) is 1.27. The Balaban J connectivity index is 2.89. The van der Waals surface area contributed by atoms with E-state index in [-0.39, 0.29) is 23.0 Å². The molecular weight excluding hydrogens is 233 g/mol. The van der Waals surface area contributed by atoms with Crippen LogP contribution < -0.4 is 4.74 Å². The average molecular weight is 246 g/mol. The van der Waals surface area contributed by atoms with Crippen LogP contribution in [-0.4, -0.2) is 18.6 Å². The molecule has 0 atom stereocenters. The lowest BCUT2D eigenvalue weighted by atomic mass is 10.0. The highest BCUT2D eigenvalue weighted by Crippen LogP contribution is 2.24. The highest BCUT2D eigenvalue weighted by Gasteiger charge is 2.29. The summed E-state index contributed by atoms with van der Waals surface area (Å²) in [6.45, 7) is 1.97. The van der Waals surface area contributed by atoms with E-state index >= 15 is 0 Å². The number of rotatable bonds is 4. The second kappa shape index (κ2) is 5.21. The third-order valence-corrected chi connectivity index (χ3v) is 2.07. The monoisotopic (exact) mass is 246 g/mol. The number of halogens is 3. The number of ether oxygens (including phenoxy) is 1. The molecule has 0 spiro atoms. The molecule has 17 heavy (non-hydrogen) atoms. The Labute approximate surface area is 97.4 Å². The first-order valence-corrected chi connectivity index (χ1v) is 5.14. The molecular formula is C12H13F3O2. The van der Waals surface area contributed by atoms with Crippen molar-refractivity contribution >= 4 is 5.78 Å². The molecule has 0 amide bonds. The molecule has 1 aromatic carbocycles. The largest absolute Gasteiger partial charge is 0.483 e. The van der Waals surface area contributed by atoms with Crippen molar-refractivity contribution in [3.8, 4) is 5.75 Å². The minimum absolute atomic E-state index is 0.0245. The van der Waals surface area contributed by atoms with Crippen LogP contribution in [0, 0.1) is 5.92 Å². The summed E-state index contributed by atoms with van der Waals surface area (Å²) in [4.78, 5) is 11.7. The van der Waals surface area contributed by atoms with Crippen LogP contribution in [-0.2, 0) is 0 Å². The van der Waals surface area contributed by atoms with E-state index in [0.717, 1.165) is 0 Å². The summed E-state index contributed by atoms with van der Waals surface area (Å²) in [5, 5.41) is 0. The minimum atomic E-state index is -4.41. The Morgan fingerprint density at radius 1 is 1.29 bits per heavy atom. The maximum absolute atomic E-state index is 12.0. The van der Waals surface area contributed by atoms with Crippen molar-refractivity contribution in [1.82, 2.24) is 0 Å². The van der Waals surface area contributed by atoms with Crippen LogP contribution in [0.1, 0.15) is 24.2 Å². The summed E-state index contributed by atoms with van der Waals surface area (Å²) in [5.41, 5.74) is 0.187. The normalized spacial score (nSPS) is 11.6. The van der Waals surface area contributed by atoms with Gasteiger partial charge in [0.05, 0.1) is 5.56 Å². The fourth-order valence-electron chi connectivity index (χ4n) is 1.27. The van der Waals surface area contributed by atoms with Gasteiger partial charge in [0.2, 0.25) is 0 Å². The molecule has 2 nitrogen and oxygen atoms in total. The second-order valence-electron chi connectivity index (χ2n) is 3.92. The Hall–Kier alpha value is -1.52. The van der Waals surface area contributed by atoms with Crippen LogP contribution in [0.25, 0.3) is 0 Å². The van der Waals surface area contributed by atoms with Gasteiger partial charge in [-0.3, -0.25) is 4.79 Å². The van der Waals surface area contributed by atoms with Crippen LogP contribution in [0.4, 0.5) is 13.2 Å². The number of alkyl halides is 3. The zero-order valence-electron chi connectivity index (χ0n) is 9.54. The lowest BCUT2D eigenvalue weighted by molar-refractivity contribution is -0.153. The first-order valence-electron chi connectivity index (χ1n) is 5.14. The molecule has 0 saturated heterocycles.